The molecule has 0 bridgehead atoms. The van der Waals surface area contributed by atoms with Crippen LogP contribution in [0.25, 0.3) is 10.6 Å². The fraction of sp³-hybridized carbons (Fsp3) is 0.333. The molecule has 0 atom stereocenters. The summed E-state index contributed by atoms with van der Waals surface area (Å²) in [7, 11) is 5.50. The highest BCUT2D eigenvalue weighted by Gasteiger charge is 2.21. The number of hydrogen-bond acceptors (Lipinski definition) is 7. The Morgan fingerprint density at radius 3 is 2.54 bits per heavy atom. The molecule has 3 heterocycles. The van der Waals surface area contributed by atoms with Crippen LogP contribution in [-0.2, 0) is 6.54 Å². The van der Waals surface area contributed by atoms with Crippen LogP contribution in [0.2, 0.25) is 0 Å². The Bertz CT molecular complexity index is 931. The number of hydrogen-bond donors (Lipinski definition) is 0. The van der Waals surface area contributed by atoms with E-state index in [9.17, 15) is 4.79 Å². The molecule has 3 rings (SSSR count). The Morgan fingerprint density at radius 1 is 1.19 bits per heavy atom. The van der Waals surface area contributed by atoms with E-state index in [1.54, 1.807) is 30.2 Å². The Labute approximate surface area is 156 Å². The maximum absolute atomic E-state index is 12.9. The van der Waals surface area contributed by atoms with Gasteiger partial charge in [0.25, 0.3) is 5.91 Å². The van der Waals surface area contributed by atoms with Crippen molar-refractivity contribution in [2.45, 2.75) is 20.4 Å². The van der Waals surface area contributed by atoms with Gasteiger partial charge in [-0.05, 0) is 43.0 Å². The Kier molecular flexibility index (Phi) is 5.03. The van der Waals surface area contributed by atoms with Gasteiger partial charge in [0.1, 0.15) is 17.2 Å². The van der Waals surface area contributed by atoms with E-state index in [2.05, 4.69) is 28.7 Å². The second-order valence-corrected chi connectivity index (χ2v) is 7.32. The van der Waals surface area contributed by atoms with Gasteiger partial charge in [-0.1, -0.05) is 10.3 Å². The third-order valence-electron chi connectivity index (χ3n) is 3.99. The van der Waals surface area contributed by atoms with Gasteiger partial charge in [-0.2, -0.15) is 0 Å². The van der Waals surface area contributed by atoms with Crippen LogP contribution in [0.5, 0.6) is 0 Å². The summed E-state index contributed by atoms with van der Waals surface area (Å²) in [5.41, 5.74) is 3.94. The van der Waals surface area contributed by atoms with Gasteiger partial charge in [-0.25, -0.2) is 9.61 Å². The van der Waals surface area contributed by atoms with Gasteiger partial charge in [0.2, 0.25) is 0 Å². The standard InChI is InChI=1S/C18H21N5O2S/c1-11-8-16(26-10-11)14-7-6-13(17(19-14)22(3)4)18(24)23(5)9-15-12(2)20-25-21-15/h6-8,10H,9H2,1-5H3. The summed E-state index contributed by atoms with van der Waals surface area (Å²) < 4.78 is 4.70. The van der Waals surface area contributed by atoms with E-state index in [0.717, 1.165) is 10.6 Å². The van der Waals surface area contributed by atoms with Crippen molar-refractivity contribution in [3.8, 4) is 10.6 Å². The molecule has 0 saturated carbocycles. The Balaban J connectivity index is 1.90. The minimum Gasteiger partial charge on any atom is -0.362 e. The molecule has 0 aliphatic carbocycles. The summed E-state index contributed by atoms with van der Waals surface area (Å²) >= 11 is 1.65. The van der Waals surface area contributed by atoms with Gasteiger partial charge in [-0.3, -0.25) is 4.79 Å². The summed E-state index contributed by atoms with van der Waals surface area (Å²) in [4.78, 5) is 22.2. The van der Waals surface area contributed by atoms with Gasteiger partial charge < -0.3 is 9.80 Å². The number of aromatic nitrogens is 3. The lowest BCUT2D eigenvalue weighted by Crippen LogP contribution is -2.29. The summed E-state index contributed by atoms with van der Waals surface area (Å²) in [6.45, 7) is 4.18. The lowest BCUT2D eigenvalue weighted by molar-refractivity contribution is 0.0782. The average Bonchev–Trinajstić information content (AvgIpc) is 3.22. The molecule has 3 aromatic heterocycles. The minimum atomic E-state index is -0.127. The molecule has 26 heavy (non-hydrogen) atoms. The predicted octanol–water partition coefficient (Wildman–Crippen LogP) is 3.15. The highest BCUT2D eigenvalue weighted by atomic mass is 32.1. The van der Waals surface area contributed by atoms with Crippen molar-refractivity contribution < 1.29 is 9.42 Å². The molecule has 0 saturated heterocycles. The van der Waals surface area contributed by atoms with Gasteiger partial charge in [0.05, 0.1) is 22.7 Å². The van der Waals surface area contributed by atoms with Crippen molar-refractivity contribution in [1.29, 1.82) is 0 Å². The molecule has 0 aliphatic heterocycles. The van der Waals surface area contributed by atoms with Crippen LogP contribution in [-0.4, -0.2) is 47.2 Å². The fourth-order valence-corrected chi connectivity index (χ4v) is 3.42. The van der Waals surface area contributed by atoms with E-state index >= 15 is 0 Å². The summed E-state index contributed by atoms with van der Waals surface area (Å²) in [6, 6.07) is 5.82. The number of aryl methyl sites for hydroxylation is 2. The van der Waals surface area contributed by atoms with Crippen LogP contribution >= 0.6 is 11.3 Å². The van der Waals surface area contributed by atoms with Crippen LogP contribution < -0.4 is 4.90 Å². The minimum absolute atomic E-state index is 0.127. The number of thiophene rings is 1. The molecular weight excluding hydrogens is 350 g/mol. The molecule has 7 nitrogen and oxygen atoms in total. The van der Waals surface area contributed by atoms with Gasteiger partial charge in [0.15, 0.2) is 0 Å². The van der Waals surface area contributed by atoms with Crippen LogP contribution in [0.4, 0.5) is 5.82 Å². The first-order chi connectivity index (χ1) is 12.4. The molecule has 0 spiro atoms. The first kappa shape index (κ1) is 18.1. The maximum atomic E-state index is 12.9. The van der Waals surface area contributed by atoms with Crippen molar-refractivity contribution in [3.05, 3.63) is 46.1 Å². The topological polar surface area (TPSA) is 75.4 Å². The molecule has 0 radical (unpaired) electrons. The average molecular weight is 371 g/mol. The third kappa shape index (κ3) is 3.60. The number of rotatable bonds is 5. The number of carbonyl (C=O) groups excluding carboxylic acids is 1. The molecule has 3 aromatic rings. The van der Waals surface area contributed by atoms with E-state index in [-0.39, 0.29) is 5.91 Å². The SMILES string of the molecule is Cc1csc(-c2ccc(C(=O)N(C)Cc3nonc3C)c(N(C)C)n2)c1. The molecule has 0 unspecified atom stereocenters. The predicted molar refractivity (Wildman–Crippen MR) is 101 cm³/mol. The summed E-state index contributed by atoms with van der Waals surface area (Å²) in [6.07, 6.45) is 0. The molecule has 136 valence electrons. The number of anilines is 1. The van der Waals surface area contributed by atoms with Crippen LogP contribution in [0.1, 0.15) is 27.3 Å². The number of pyridine rings is 1. The monoisotopic (exact) mass is 371 g/mol. The van der Waals surface area contributed by atoms with Crippen LogP contribution in [0, 0.1) is 13.8 Å². The van der Waals surface area contributed by atoms with E-state index in [4.69, 9.17) is 9.61 Å². The van der Waals surface area contributed by atoms with E-state index in [1.807, 2.05) is 31.1 Å². The highest BCUT2D eigenvalue weighted by Crippen LogP contribution is 2.29. The number of nitrogens with zero attached hydrogens (tertiary/aromatic N) is 5. The van der Waals surface area contributed by atoms with E-state index in [0.29, 0.717) is 29.3 Å². The summed E-state index contributed by atoms with van der Waals surface area (Å²) in [5.74, 6) is 0.512. The molecule has 0 aromatic carbocycles. The van der Waals surface area contributed by atoms with Crippen molar-refractivity contribution in [3.63, 3.8) is 0 Å². The largest absolute Gasteiger partial charge is 0.362 e. The zero-order chi connectivity index (χ0) is 18.8. The van der Waals surface area contributed by atoms with Crippen molar-refractivity contribution >= 4 is 23.1 Å². The smallest absolute Gasteiger partial charge is 0.257 e. The van der Waals surface area contributed by atoms with Gasteiger partial charge in [0, 0.05) is 21.1 Å². The molecular formula is C18H21N5O2S. The second kappa shape index (κ2) is 7.25. The van der Waals surface area contributed by atoms with Crippen LogP contribution in [0.15, 0.2) is 28.2 Å². The first-order valence-electron chi connectivity index (χ1n) is 8.14. The zero-order valence-electron chi connectivity index (χ0n) is 15.5. The molecule has 0 fully saturated rings. The van der Waals surface area contributed by atoms with Crippen molar-refractivity contribution in [2.75, 3.05) is 26.0 Å². The quantitative estimate of drug-likeness (QED) is 0.686. The normalized spacial score (nSPS) is 10.8. The lowest BCUT2D eigenvalue weighted by atomic mass is 10.1. The number of carbonyl (C=O) groups is 1. The van der Waals surface area contributed by atoms with E-state index in [1.165, 1.54) is 5.56 Å². The molecule has 1 amide bonds. The highest BCUT2D eigenvalue weighted by molar-refractivity contribution is 7.13. The Hall–Kier alpha value is -2.74. The fourth-order valence-electron chi connectivity index (χ4n) is 2.55. The molecule has 0 aliphatic rings. The molecule has 0 N–H and O–H groups in total. The van der Waals surface area contributed by atoms with Crippen molar-refractivity contribution in [2.24, 2.45) is 0 Å². The van der Waals surface area contributed by atoms with E-state index < -0.39 is 0 Å². The zero-order valence-corrected chi connectivity index (χ0v) is 16.3. The Morgan fingerprint density at radius 2 is 1.96 bits per heavy atom. The lowest BCUT2D eigenvalue weighted by Gasteiger charge is -2.21. The second-order valence-electron chi connectivity index (χ2n) is 6.41. The number of amides is 1. The molecule has 8 heteroatoms. The van der Waals surface area contributed by atoms with Crippen molar-refractivity contribution in [1.82, 2.24) is 20.2 Å². The van der Waals surface area contributed by atoms with Gasteiger partial charge in [-0.15, -0.1) is 11.3 Å². The first-order valence-corrected chi connectivity index (χ1v) is 9.02. The third-order valence-corrected chi connectivity index (χ3v) is 5.06. The van der Waals surface area contributed by atoms with Crippen LogP contribution in [0.3, 0.4) is 0 Å². The van der Waals surface area contributed by atoms with Gasteiger partial charge >= 0.3 is 0 Å². The maximum Gasteiger partial charge on any atom is 0.257 e. The summed E-state index contributed by atoms with van der Waals surface area (Å²) in [5, 5.41) is 9.68.